The smallest absolute Gasteiger partial charge is 0.0506 e. The Hall–Kier alpha value is 0.110. The summed E-state index contributed by atoms with van der Waals surface area (Å²) < 4.78 is 12.5. The van der Waals surface area contributed by atoms with Crippen molar-refractivity contribution >= 4 is 10.8 Å². The molecule has 16 heavy (non-hydrogen) atoms. The largest absolute Gasteiger partial charge is 0.316 e. The second-order valence-electron chi connectivity index (χ2n) is 5.63. The Kier molecular flexibility index (Phi) is 5.45. The van der Waals surface area contributed by atoms with Crippen LogP contribution in [0, 0.1) is 11.8 Å². The first kappa shape index (κ1) is 14.2. The lowest BCUT2D eigenvalue weighted by Crippen LogP contribution is -2.47. The van der Waals surface area contributed by atoms with Gasteiger partial charge in [0.2, 0.25) is 0 Å². The fourth-order valence-electron chi connectivity index (χ4n) is 2.46. The lowest BCUT2D eigenvalue weighted by Gasteiger charge is -2.36. The standard InChI is InChI=1S/C13H27NOS/c1-9(2)11(4)16(15)13-8-10(3)6-7-12(13)14-5/h9-14H,6-8H2,1-5H3. The van der Waals surface area contributed by atoms with Gasteiger partial charge in [-0.1, -0.05) is 27.7 Å². The van der Waals surface area contributed by atoms with Crippen LogP contribution in [0.3, 0.4) is 0 Å². The van der Waals surface area contributed by atoms with E-state index in [0.717, 1.165) is 12.3 Å². The summed E-state index contributed by atoms with van der Waals surface area (Å²) in [5.41, 5.74) is 0. The predicted molar refractivity (Wildman–Crippen MR) is 72.1 cm³/mol. The molecule has 0 bridgehead atoms. The first-order chi connectivity index (χ1) is 7.47. The van der Waals surface area contributed by atoms with E-state index in [9.17, 15) is 4.21 Å². The molecule has 0 saturated heterocycles. The van der Waals surface area contributed by atoms with Gasteiger partial charge in [-0.15, -0.1) is 0 Å². The van der Waals surface area contributed by atoms with Crippen molar-refractivity contribution in [3.05, 3.63) is 0 Å². The third-order valence-corrected chi connectivity index (χ3v) is 6.42. The van der Waals surface area contributed by atoms with Crippen LogP contribution in [0.15, 0.2) is 0 Å². The Balaban J connectivity index is 2.70. The van der Waals surface area contributed by atoms with Gasteiger partial charge in [0.25, 0.3) is 0 Å². The van der Waals surface area contributed by atoms with Crippen molar-refractivity contribution in [2.45, 2.75) is 63.5 Å². The van der Waals surface area contributed by atoms with E-state index in [4.69, 9.17) is 0 Å². The Morgan fingerprint density at radius 2 is 1.88 bits per heavy atom. The minimum atomic E-state index is -0.694. The third kappa shape index (κ3) is 3.30. The molecule has 0 radical (unpaired) electrons. The topological polar surface area (TPSA) is 29.1 Å². The molecule has 1 aliphatic rings. The molecular weight excluding hydrogens is 218 g/mol. The molecule has 0 aliphatic heterocycles. The molecule has 0 aromatic carbocycles. The summed E-state index contributed by atoms with van der Waals surface area (Å²) in [6, 6.07) is 0.457. The van der Waals surface area contributed by atoms with Crippen LogP contribution in [0.25, 0.3) is 0 Å². The minimum absolute atomic E-state index is 0.311. The van der Waals surface area contributed by atoms with E-state index in [1.165, 1.54) is 12.8 Å². The molecular formula is C13H27NOS. The molecule has 1 aliphatic carbocycles. The van der Waals surface area contributed by atoms with Crippen LogP contribution in [-0.2, 0) is 10.8 Å². The van der Waals surface area contributed by atoms with E-state index >= 15 is 0 Å². The average Bonchev–Trinajstić information content (AvgIpc) is 2.26. The Morgan fingerprint density at radius 3 is 2.38 bits per heavy atom. The summed E-state index contributed by atoms with van der Waals surface area (Å²) in [7, 11) is 1.31. The van der Waals surface area contributed by atoms with Crippen LogP contribution in [0.5, 0.6) is 0 Å². The molecule has 2 nitrogen and oxygen atoms in total. The molecule has 0 heterocycles. The summed E-state index contributed by atoms with van der Waals surface area (Å²) in [6.45, 7) is 8.76. The van der Waals surface area contributed by atoms with Crippen molar-refractivity contribution in [3.8, 4) is 0 Å². The molecule has 5 atom stereocenters. The number of rotatable bonds is 4. The lowest BCUT2D eigenvalue weighted by atomic mass is 9.87. The summed E-state index contributed by atoms with van der Waals surface area (Å²) in [6.07, 6.45) is 3.57. The molecule has 3 heteroatoms. The minimum Gasteiger partial charge on any atom is -0.316 e. The SMILES string of the molecule is CNC1CCC(C)CC1S(=O)C(C)C(C)C. The van der Waals surface area contributed by atoms with Gasteiger partial charge in [0.1, 0.15) is 0 Å². The van der Waals surface area contributed by atoms with Gasteiger partial charge in [-0.3, -0.25) is 4.21 Å². The highest BCUT2D eigenvalue weighted by Crippen LogP contribution is 2.30. The van der Waals surface area contributed by atoms with Crippen LogP contribution in [0.1, 0.15) is 47.0 Å². The van der Waals surface area contributed by atoms with Crippen molar-refractivity contribution in [2.75, 3.05) is 7.05 Å². The quantitative estimate of drug-likeness (QED) is 0.825. The maximum absolute atomic E-state index is 12.5. The molecule has 96 valence electrons. The monoisotopic (exact) mass is 245 g/mol. The third-order valence-electron chi connectivity index (χ3n) is 4.03. The Bertz CT molecular complexity index is 242. The van der Waals surface area contributed by atoms with Gasteiger partial charge in [0.05, 0.1) is 5.25 Å². The van der Waals surface area contributed by atoms with Crippen molar-refractivity contribution < 1.29 is 4.21 Å². The Morgan fingerprint density at radius 1 is 1.25 bits per heavy atom. The van der Waals surface area contributed by atoms with E-state index < -0.39 is 10.8 Å². The van der Waals surface area contributed by atoms with Gasteiger partial charge < -0.3 is 5.32 Å². The summed E-state index contributed by atoms with van der Waals surface area (Å²) >= 11 is 0. The molecule has 0 spiro atoms. The van der Waals surface area contributed by atoms with Crippen molar-refractivity contribution in [3.63, 3.8) is 0 Å². The van der Waals surface area contributed by atoms with E-state index in [1.807, 2.05) is 7.05 Å². The van der Waals surface area contributed by atoms with Crippen LogP contribution in [0.4, 0.5) is 0 Å². The first-order valence-corrected chi connectivity index (χ1v) is 7.81. The first-order valence-electron chi connectivity index (χ1n) is 6.54. The van der Waals surface area contributed by atoms with Crippen molar-refractivity contribution in [1.82, 2.24) is 5.32 Å². The van der Waals surface area contributed by atoms with Crippen LogP contribution in [-0.4, -0.2) is 27.8 Å². The molecule has 5 unspecified atom stereocenters. The zero-order valence-corrected chi connectivity index (χ0v) is 12.1. The van der Waals surface area contributed by atoms with Crippen LogP contribution >= 0.6 is 0 Å². The van der Waals surface area contributed by atoms with Crippen LogP contribution < -0.4 is 5.32 Å². The number of hydrogen-bond acceptors (Lipinski definition) is 2. The fourth-order valence-corrected chi connectivity index (χ4v) is 4.66. The fraction of sp³-hybridized carbons (Fsp3) is 1.00. The molecule has 1 fully saturated rings. The average molecular weight is 245 g/mol. The second kappa shape index (κ2) is 6.15. The van der Waals surface area contributed by atoms with Gasteiger partial charge >= 0.3 is 0 Å². The summed E-state index contributed by atoms with van der Waals surface area (Å²) in [5.74, 6) is 1.24. The molecule has 0 aromatic rings. The number of nitrogens with one attached hydrogen (secondary N) is 1. The molecule has 1 saturated carbocycles. The van der Waals surface area contributed by atoms with Gasteiger partial charge in [-0.25, -0.2) is 0 Å². The normalized spacial score (nSPS) is 35.0. The predicted octanol–water partition coefficient (Wildman–Crippen LogP) is 2.56. The zero-order valence-electron chi connectivity index (χ0n) is 11.3. The van der Waals surface area contributed by atoms with Gasteiger partial charge in [0.15, 0.2) is 0 Å². The highest BCUT2D eigenvalue weighted by molar-refractivity contribution is 7.86. The number of hydrogen-bond donors (Lipinski definition) is 1. The van der Waals surface area contributed by atoms with Gasteiger partial charge in [-0.2, -0.15) is 0 Å². The molecule has 0 amide bonds. The van der Waals surface area contributed by atoms with E-state index in [-0.39, 0.29) is 0 Å². The van der Waals surface area contributed by atoms with E-state index in [0.29, 0.717) is 22.5 Å². The maximum Gasteiger partial charge on any atom is 0.0506 e. The molecule has 1 rings (SSSR count). The molecule has 0 aromatic heterocycles. The van der Waals surface area contributed by atoms with Crippen molar-refractivity contribution in [2.24, 2.45) is 11.8 Å². The molecule has 1 N–H and O–H groups in total. The zero-order chi connectivity index (χ0) is 12.3. The van der Waals surface area contributed by atoms with Gasteiger partial charge in [0, 0.05) is 22.1 Å². The highest BCUT2D eigenvalue weighted by Gasteiger charge is 2.34. The maximum atomic E-state index is 12.5. The Labute approximate surface area is 103 Å². The summed E-state index contributed by atoms with van der Waals surface area (Å²) in [4.78, 5) is 0. The lowest BCUT2D eigenvalue weighted by molar-refractivity contribution is 0.323. The van der Waals surface area contributed by atoms with Crippen molar-refractivity contribution in [1.29, 1.82) is 0 Å². The second-order valence-corrected chi connectivity index (χ2v) is 7.64. The van der Waals surface area contributed by atoms with Gasteiger partial charge in [-0.05, 0) is 38.1 Å². The van der Waals surface area contributed by atoms with E-state index in [2.05, 4.69) is 33.0 Å². The highest BCUT2D eigenvalue weighted by atomic mass is 32.2. The summed E-state index contributed by atoms with van der Waals surface area (Å²) in [5, 5.41) is 4.02. The van der Waals surface area contributed by atoms with Crippen LogP contribution in [0.2, 0.25) is 0 Å². The van der Waals surface area contributed by atoms with E-state index in [1.54, 1.807) is 0 Å².